The van der Waals surface area contributed by atoms with E-state index in [0.717, 1.165) is 25.3 Å². The lowest BCUT2D eigenvalue weighted by Gasteiger charge is -2.26. The zero-order chi connectivity index (χ0) is 13.0. The summed E-state index contributed by atoms with van der Waals surface area (Å²) in [5.41, 5.74) is 7.17. The van der Waals surface area contributed by atoms with Crippen molar-refractivity contribution in [2.75, 3.05) is 19.7 Å². The molecule has 98 valence electrons. The largest absolute Gasteiger partial charge is 0.494 e. The highest BCUT2D eigenvalue weighted by atomic mass is 16.5. The average molecular weight is 247 g/mol. The molecule has 1 aliphatic rings. The van der Waals surface area contributed by atoms with Gasteiger partial charge in [-0.3, -0.25) is 4.99 Å². The molecule has 0 aliphatic carbocycles. The number of hydrogen-bond acceptors (Lipinski definition) is 4. The van der Waals surface area contributed by atoms with Gasteiger partial charge < -0.3 is 15.4 Å². The molecule has 4 heteroatoms. The minimum absolute atomic E-state index is 0.278. The molecule has 1 aromatic carbocycles. The molecule has 0 amide bonds. The van der Waals surface area contributed by atoms with Gasteiger partial charge in [0.15, 0.2) is 5.96 Å². The lowest BCUT2D eigenvalue weighted by Crippen LogP contribution is -2.36. The second kappa shape index (κ2) is 5.76. The number of ether oxygens (including phenoxy) is 1. The minimum Gasteiger partial charge on any atom is -0.494 e. The van der Waals surface area contributed by atoms with Crippen LogP contribution in [0.2, 0.25) is 0 Å². The molecule has 0 saturated heterocycles. The Hall–Kier alpha value is -1.71. The van der Waals surface area contributed by atoms with Gasteiger partial charge in [0.25, 0.3) is 0 Å². The second-order valence-electron chi connectivity index (χ2n) is 4.41. The Morgan fingerprint density at radius 3 is 2.67 bits per heavy atom. The van der Waals surface area contributed by atoms with Gasteiger partial charge in [-0.2, -0.15) is 0 Å². The van der Waals surface area contributed by atoms with Gasteiger partial charge in [0.1, 0.15) is 5.75 Å². The maximum Gasteiger partial charge on any atom is 0.191 e. The Morgan fingerprint density at radius 1 is 1.33 bits per heavy atom. The fourth-order valence-electron chi connectivity index (χ4n) is 2.28. The molecule has 1 aromatic rings. The van der Waals surface area contributed by atoms with Crippen LogP contribution in [0, 0.1) is 0 Å². The smallest absolute Gasteiger partial charge is 0.191 e. The molecule has 0 aromatic heterocycles. The predicted molar refractivity (Wildman–Crippen MR) is 73.8 cm³/mol. The first-order chi connectivity index (χ1) is 8.76. The van der Waals surface area contributed by atoms with Crippen LogP contribution in [0.3, 0.4) is 0 Å². The number of nitrogens with zero attached hydrogens (tertiary/aromatic N) is 2. The van der Waals surface area contributed by atoms with E-state index in [1.807, 2.05) is 19.1 Å². The molecule has 0 bridgehead atoms. The Kier molecular flexibility index (Phi) is 4.07. The van der Waals surface area contributed by atoms with Crippen LogP contribution >= 0.6 is 0 Å². The van der Waals surface area contributed by atoms with Crippen LogP contribution in [0.4, 0.5) is 0 Å². The SMILES string of the molecule is CCCN1C(N)=NCC1c1ccc(OCC)cc1. The Bertz CT molecular complexity index is 414. The van der Waals surface area contributed by atoms with Gasteiger partial charge in [-0.05, 0) is 31.0 Å². The summed E-state index contributed by atoms with van der Waals surface area (Å²) in [6, 6.07) is 8.51. The summed E-state index contributed by atoms with van der Waals surface area (Å²) in [6.45, 7) is 6.54. The minimum atomic E-state index is 0.278. The summed E-state index contributed by atoms with van der Waals surface area (Å²) in [4.78, 5) is 6.52. The number of hydrogen-bond donors (Lipinski definition) is 1. The van der Waals surface area contributed by atoms with Crippen LogP contribution in [0.1, 0.15) is 31.9 Å². The maximum atomic E-state index is 5.92. The monoisotopic (exact) mass is 247 g/mol. The van der Waals surface area contributed by atoms with Crippen LogP contribution < -0.4 is 10.5 Å². The van der Waals surface area contributed by atoms with Crippen LogP contribution in [-0.4, -0.2) is 30.6 Å². The highest BCUT2D eigenvalue weighted by molar-refractivity contribution is 5.80. The van der Waals surface area contributed by atoms with Crippen LogP contribution in [0.25, 0.3) is 0 Å². The van der Waals surface area contributed by atoms with Crippen molar-refractivity contribution in [2.45, 2.75) is 26.3 Å². The molecule has 4 nitrogen and oxygen atoms in total. The van der Waals surface area contributed by atoms with Crippen molar-refractivity contribution in [3.63, 3.8) is 0 Å². The molecule has 1 atom stereocenters. The first-order valence-corrected chi connectivity index (χ1v) is 6.55. The molecule has 0 fully saturated rings. The molecule has 18 heavy (non-hydrogen) atoms. The summed E-state index contributed by atoms with van der Waals surface area (Å²) in [6.07, 6.45) is 1.07. The van der Waals surface area contributed by atoms with E-state index in [9.17, 15) is 0 Å². The highest BCUT2D eigenvalue weighted by Crippen LogP contribution is 2.27. The van der Waals surface area contributed by atoms with E-state index in [1.54, 1.807) is 0 Å². The van der Waals surface area contributed by atoms with E-state index in [2.05, 4.69) is 28.9 Å². The summed E-state index contributed by atoms with van der Waals surface area (Å²) in [5.74, 6) is 1.57. The second-order valence-corrected chi connectivity index (χ2v) is 4.41. The Labute approximate surface area is 108 Å². The Balaban J connectivity index is 2.11. The van der Waals surface area contributed by atoms with Crippen molar-refractivity contribution < 1.29 is 4.74 Å². The first-order valence-electron chi connectivity index (χ1n) is 6.55. The van der Waals surface area contributed by atoms with Gasteiger partial charge >= 0.3 is 0 Å². The van der Waals surface area contributed by atoms with E-state index in [1.165, 1.54) is 5.56 Å². The highest BCUT2D eigenvalue weighted by Gasteiger charge is 2.26. The van der Waals surface area contributed by atoms with Crippen LogP contribution in [-0.2, 0) is 0 Å². The van der Waals surface area contributed by atoms with Gasteiger partial charge in [0.05, 0.1) is 19.2 Å². The Morgan fingerprint density at radius 2 is 2.06 bits per heavy atom. The van der Waals surface area contributed by atoms with Gasteiger partial charge in [0.2, 0.25) is 0 Å². The third-order valence-corrected chi connectivity index (χ3v) is 3.14. The summed E-state index contributed by atoms with van der Waals surface area (Å²) >= 11 is 0. The van der Waals surface area contributed by atoms with Crippen molar-refractivity contribution in [3.05, 3.63) is 29.8 Å². The van der Waals surface area contributed by atoms with Gasteiger partial charge in [0, 0.05) is 6.54 Å². The topological polar surface area (TPSA) is 50.8 Å². The average Bonchev–Trinajstić information content (AvgIpc) is 2.73. The third kappa shape index (κ3) is 2.58. The van der Waals surface area contributed by atoms with Crippen molar-refractivity contribution in [1.82, 2.24) is 4.90 Å². The molecule has 0 radical (unpaired) electrons. The van der Waals surface area contributed by atoms with Gasteiger partial charge in [-0.1, -0.05) is 19.1 Å². The summed E-state index contributed by atoms with van der Waals surface area (Å²) in [7, 11) is 0. The molecule has 2 rings (SSSR count). The number of guanidine groups is 1. The molecule has 1 heterocycles. The quantitative estimate of drug-likeness (QED) is 0.867. The van der Waals surface area contributed by atoms with E-state index in [-0.39, 0.29) is 6.04 Å². The van der Waals surface area contributed by atoms with Crippen molar-refractivity contribution >= 4 is 5.96 Å². The lowest BCUT2D eigenvalue weighted by atomic mass is 10.1. The third-order valence-electron chi connectivity index (χ3n) is 3.14. The standard InChI is InChI=1S/C14H21N3O/c1-3-9-17-13(10-16-14(17)15)11-5-7-12(8-6-11)18-4-2/h5-8,13H,3-4,9-10H2,1-2H3,(H2,15,16). The molecular weight excluding hydrogens is 226 g/mol. The zero-order valence-corrected chi connectivity index (χ0v) is 11.1. The van der Waals surface area contributed by atoms with E-state index < -0.39 is 0 Å². The van der Waals surface area contributed by atoms with Crippen molar-refractivity contribution in [3.8, 4) is 5.75 Å². The van der Waals surface area contributed by atoms with Gasteiger partial charge in [-0.25, -0.2) is 0 Å². The number of aliphatic imine (C=N–C) groups is 1. The zero-order valence-electron chi connectivity index (χ0n) is 11.1. The summed E-state index contributed by atoms with van der Waals surface area (Å²) in [5, 5.41) is 0. The van der Waals surface area contributed by atoms with Gasteiger partial charge in [-0.15, -0.1) is 0 Å². The molecule has 1 aliphatic heterocycles. The summed E-state index contributed by atoms with van der Waals surface area (Å²) < 4.78 is 5.45. The normalized spacial score (nSPS) is 18.9. The number of rotatable bonds is 5. The molecule has 2 N–H and O–H groups in total. The number of nitrogens with two attached hydrogens (primary N) is 1. The molecule has 0 spiro atoms. The maximum absolute atomic E-state index is 5.92. The number of benzene rings is 1. The van der Waals surface area contributed by atoms with E-state index >= 15 is 0 Å². The van der Waals surface area contributed by atoms with Crippen LogP contribution in [0.5, 0.6) is 5.75 Å². The van der Waals surface area contributed by atoms with Crippen molar-refractivity contribution in [2.24, 2.45) is 10.7 Å². The predicted octanol–water partition coefficient (Wildman–Crippen LogP) is 2.17. The first kappa shape index (κ1) is 12.7. The lowest BCUT2D eigenvalue weighted by molar-refractivity contribution is 0.336. The van der Waals surface area contributed by atoms with E-state index in [4.69, 9.17) is 10.5 Å². The fraction of sp³-hybridized carbons (Fsp3) is 0.500. The van der Waals surface area contributed by atoms with E-state index in [0.29, 0.717) is 12.6 Å². The van der Waals surface area contributed by atoms with Crippen LogP contribution in [0.15, 0.2) is 29.3 Å². The molecule has 1 unspecified atom stereocenters. The molecule has 0 saturated carbocycles. The fourth-order valence-corrected chi connectivity index (χ4v) is 2.28. The van der Waals surface area contributed by atoms with Crippen molar-refractivity contribution in [1.29, 1.82) is 0 Å². The molecular formula is C14H21N3O.